The summed E-state index contributed by atoms with van der Waals surface area (Å²) in [6, 6.07) is 17.1. The van der Waals surface area contributed by atoms with Crippen molar-refractivity contribution in [1.82, 2.24) is 10.2 Å². The fourth-order valence-electron chi connectivity index (χ4n) is 3.96. The second-order valence-electron chi connectivity index (χ2n) is 7.35. The first-order valence-electron chi connectivity index (χ1n) is 9.28. The van der Waals surface area contributed by atoms with Crippen LogP contribution in [0.3, 0.4) is 0 Å². The zero-order valence-corrected chi connectivity index (χ0v) is 16.4. The number of ether oxygens (including phenoxy) is 1. The average Bonchev–Trinajstić information content (AvgIpc) is 2.62. The highest BCUT2D eigenvalue weighted by atomic mass is 32.2. The van der Waals surface area contributed by atoms with Gasteiger partial charge in [0.15, 0.2) is 0 Å². The first-order chi connectivity index (χ1) is 12.9. The van der Waals surface area contributed by atoms with Crippen molar-refractivity contribution in [3.05, 3.63) is 54.6 Å². The monoisotopic (exact) mass is 387 g/mol. The fourth-order valence-corrected chi connectivity index (χ4v) is 5.66. The summed E-state index contributed by atoms with van der Waals surface area (Å²) in [7, 11) is -3.72. The topological polar surface area (TPSA) is 61.9 Å². The number of nitrogens with one attached hydrogen (secondary N) is 1. The lowest BCUT2D eigenvalue weighted by Gasteiger charge is -2.40. The molecular weight excluding hydrogens is 362 g/mol. The van der Waals surface area contributed by atoms with E-state index in [4.69, 9.17) is 4.74 Å². The Labute approximate surface area is 160 Å². The Bertz CT molecular complexity index is 894. The Balaban J connectivity index is 1.70. The molecule has 0 spiro atoms. The Morgan fingerprint density at radius 2 is 1.63 bits per heavy atom. The van der Waals surface area contributed by atoms with Crippen molar-refractivity contribution in [3.8, 4) is 5.75 Å². The molecule has 27 heavy (non-hydrogen) atoms. The van der Waals surface area contributed by atoms with E-state index < -0.39 is 15.5 Å². The van der Waals surface area contributed by atoms with Gasteiger partial charge in [0.1, 0.15) is 5.75 Å². The van der Waals surface area contributed by atoms with Crippen LogP contribution in [0.5, 0.6) is 5.75 Å². The molecule has 6 nitrogen and oxygen atoms in total. The number of fused-ring (bicyclic) bond motifs is 1. The van der Waals surface area contributed by atoms with E-state index in [0.29, 0.717) is 35.8 Å². The molecule has 0 aliphatic carbocycles. The zero-order chi connectivity index (χ0) is 19.0. The molecule has 7 heteroatoms. The molecule has 3 atom stereocenters. The van der Waals surface area contributed by atoms with Gasteiger partial charge in [-0.3, -0.25) is 4.90 Å². The van der Waals surface area contributed by atoms with Crippen LogP contribution in [0.25, 0.3) is 0 Å². The lowest BCUT2D eigenvalue weighted by Crippen LogP contribution is -2.58. The first-order valence-corrected chi connectivity index (χ1v) is 10.8. The van der Waals surface area contributed by atoms with Crippen LogP contribution in [0, 0.1) is 0 Å². The Kier molecular flexibility index (Phi) is 4.84. The first kappa shape index (κ1) is 18.3. The number of hydrogen-bond acceptors (Lipinski definition) is 5. The van der Waals surface area contributed by atoms with E-state index in [-0.39, 0.29) is 0 Å². The van der Waals surface area contributed by atoms with E-state index in [1.54, 1.807) is 6.07 Å². The number of nitrogens with zero attached hydrogens (tertiary/aromatic N) is 2. The number of piperazine rings is 1. The van der Waals surface area contributed by atoms with Crippen LogP contribution >= 0.6 is 0 Å². The maximum Gasteiger partial charge on any atom is 0.279 e. The molecule has 0 aromatic heterocycles. The SMILES string of the molecule is CC1CN(CC2Oc3ccccc3N(c3ccccc3)S2(=O)=O)CC(C)N1. The number of anilines is 2. The van der Waals surface area contributed by atoms with Crippen molar-refractivity contribution < 1.29 is 13.2 Å². The minimum atomic E-state index is -3.72. The lowest BCUT2D eigenvalue weighted by molar-refractivity contribution is 0.130. The smallest absolute Gasteiger partial charge is 0.279 e. The van der Waals surface area contributed by atoms with E-state index in [9.17, 15) is 8.42 Å². The minimum absolute atomic E-state index is 0.317. The van der Waals surface area contributed by atoms with Gasteiger partial charge in [0.2, 0.25) is 5.44 Å². The van der Waals surface area contributed by atoms with E-state index in [0.717, 1.165) is 13.1 Å². The molecule has 2 aliphatic rings. The summed E-state index contributed by atoms with van der Waals surface area (Å²) in [6.45, 7) is 6.17. The number of para-hydroxylation sites is 3. The minimum Gasteiger partial charge on any atom is -0.469 e. The summed E-state index contributed by atoms with van der Waals surface area (Å²) in [5, 5.41) is 3.48. The van der Waals surface area contributed by atoms with Crippen LogP contribution in [0.15, 0.2) is 54.6 Å². The molecule has 2 aromatic rings. The standard InChI is InChI=1S/C20H25N3O3S/c1-15-12-22(13-16(2)21-15)14-20-26-19-11-7-6-10-18(19)23(27(20,24)25)17-8-4-3-5-9-17/h3-11,15-16,20-21H,12-14H2,1-2H3. The van der Waals surface area contributed by atoms with Gasteiger partial charge in [0.05, 0.1) is 17.9 Å². The van der Waals surface area contributed by atoms with Gasteiger partial charge in [-0.15, -0.1) is 0 Å². The Morgan fingerprint density at radius 1 is 1.00 bits per heavy atom. The summed E-state index contributed by atoms with van der Waals surface area (Å²) in [4.78, 5) is 2.17. The highest BCUT2D eigenvalue weighted by Gasteiger charge is 2.42. The summed E-state index contributed by atoms with van der Waals surface area (Å²) in [6.07, 6.45) is 0. The van der Waals surface area contributed by atoms with Crippen LogP contribution in [0.2, 0.25) is 0 Å². The average molecular weight is 388 g/mol. The van der Waals surface area contributed by atoms with Gasteiger partial charge in [-0.2, -0.15) is 0 Å². The Hall–Kier alpha value is -2.09. The molecule has 1 saturated heterocycles. The van der Waals surface area contributed by atoms with Gasteiger partial charge >= 0.3 is 0 Å². The third-order valence-electron chi connectivity index (χ3n) is 4.96. The predicted molar refractivity (Wildman–Crippen MR) is 107 cm³/mol. The van der Waals surface area contributed by atoms with Crippen molar-refractivity contribution in [1.29, 1.82) is 0 Å². The molecule has 0 saturated carbocycles. The largest absolute Gasteiger partial charge is 0.469 e. The van der Waals surface area contributed by atoms with E-state index >= 15 is 0 Å². The molecule has 2 aromatic carbocycles. The quantitative estimate of drug-likeness (QED) is 0.877. The number of sulfonamides is 1. The highest BCUT2D eigenvalue weighted by molar-refractivity contribution is 7.93. The fraction of sp³-hybridized carbons (Fsp3) is 0.400. The zero-order valence-electron chi connectivity index (χ0n) is 15.6. The van der Waals surface area contributed by atoms with E-state index in [1.165, 1.54) is 4.31 Å². The van der Waals surface area contributed by atoms with Gasteiger partial charge < -0.3 is 10.1 Å². The molecule has 1 N–H and O–H groups in total. The number of hydrogen-bond donors (Lipinski definition) is 1. The van der Waals surface area contributed by atoms with Crippen molar-refractivity contribution >= 4 is 21.4 Å². The van der Waals surface area contributed by atoms with E-state index in [1.807, 2.05) is 48.5 Å². The van der Waals surface area contributed by atoms with Crippen molar-refractivity contribution in [2.45, 2.75) is 31.4 Å². The molecule has 0 radical (unpaired) electrons. The van der Waals surface area contributed by atoms with Gasteiger partial charge in [-0.1, -0.05) is 30.3 Å². The number of benzene rings is 2. The van der Waals surface area contributed by atoms with E-state index in [2.05, 4.69) is 24.1 Å². The third-order valence-corrected chi connectivity index (χ3v) is 6.79. The maximum atomic E-state index is 13.5. The van der Waals surface area contributed by atoms with Crippen LogP contribution in [-0.2, 0) is 10.0 Å². The molecule has 0 amide bonds. The Morgan fingerprint density at radius 3 is 2.33 bits per heavy atom. The summed E-state index contributed by atoms with van der Waals surface area (Å²) in [5.41, 5.74) is 0.243. The third kappa shape index (κ3) is 3.54. The lowest BCUT2D eigenvalue weighted by atomic mass is 10.1. The van der Waals surface area contributed by atoms with Crippen molar-refractivity contribution in [3.63, 3.8) is 0 Å². The van der Waals surface area contributed by atoms with Crippen LogP contribution < -0.4 is 14.4 Å². The molecule has 2 heterocycles. The second kappa shape index (κ2) is 7.14. The predicted octanol–water partition coefficient (Wildman–Crippen LogP) is 2.56. The number of rotatable bonds is 3. The van der Waals surface area contributed by atoms with Crippen LogP contribution in [0.4, 0.5) is 11.4 Å². The van der Waals surface area contributed by atoms with Crippen molar-refractivity contribution in [2.75, 3.05) is 23.9 Å². The molecular formula is C20H25N3O3S. The maximum absolute atomic E-state index is 13.5. The molecule has 1 fully saturated rings. The van der Waals surface area contributed by atoms with Gasteiger partial charge in [-0.25, -0.2) is 12.7 Å². The normalized spacial score (nSPS) is 27.6. The van der Waals surface area contributed by atoms with Crippen molar-refractivity contribution in [2.24, 2.45) is 0 Å². The summed E-state index contributed by atoms with van der Waals surface area (Å²) < 4.78 is 34.3. The van der Waals surface area contributed by atoms with Gasteiger partial charge in [-0.05, 0) is 38.1 Å². The highest BCUT2D eigenvalue weighted by Crippen LogP contribution is 2.42. The summed E-state index contributed by atoms with van der Waals surface area (Å²) in [5.74, 6) is 0.595. The van der Waals surface area contributed by atoms with Crippen LogP contribution in [-0.4, -0.2) is 50.5 Å². The molecule has 144 valence electrons. The summed E-state index contributed by atoms with van der Waals surface area (Å²) >= 11 is 0. The molecule has 4 rings (SSSR count). The molecule has 3 unspecified atom stereocenters. The molecule has 2 aliphatic heterocycles. The van der Waals surface area contributed by atoms with Crippen LogP contribution in [0.1, 0.15) is 13.8 Å². The van der Waals surface area contributed by atoms with Gasteiger partial charge in [0, 0.05) is 25.2 Å². The van der Waals surface area contributed by atoms with Gasteiger partial charge in [0.25, 0.3) is 10.0 Å². The second-order valence-corrected chi connectivity index (χ2v) is 9.27. The molecule has 0 bridgehead atoms.